The molecular weight excluding hydrogens is 252 g/mol. The Morgan fingerprint density at radius 1 is 1.50 bits per heavy atom. The molecule has 0 radical (unpaired) electrons. The summed E-state index contributed by atoms with van der Waals surface area (Å²) in [4.78, 5) is 18.5. The summed E-state index contributed by atoms with van der Waals surface area (Å²) in [7, 11) is 1.70. The molecule has 1 aliphatic heterocycles. The Hall–Kier alpha value is -1.62. The number of nitrogens with zero attached hydrogens (tertiary/aromatic N) is 2. The molecular formula is C15H24N4O. The quantitative estimate of drug-likeness (QED) is 0.847. The molecule has 0 spiro atoms. The van der Waals surface area contributed by atoms with E-state index in [1.807, 2.05) is 6.20 Å². The lowest BCUT2D eigenvalue weighted by Crippen LogP contribution is -2.42. The molecule has 20 heavy (non-hydrogen) atoms. The van der Waals surface area contributed by atoms with Gasteiger partial charge in [0.25, 0.3) is 0 Å². The van der Waals surface area contributed by atoms with E-state index in [0.717, 1.165) is 44.8 Å². The number of hydrogen-bond acceptors (Lipinski definition) is 4. The fourth-order valence-electron chi connectivity index (χ4n) is 2.58. The van der Waals surface area contributed by atoms with E-state index in [4.69, 9.17) is 0 Å². The Morgan fingerprint density at radius 2 is 2.35 bits per heavy atom. The molecule has 5 nitrogen and oxygen atoms in total. The Morgan fingerprint density at radius 3 is 3.00 bits per heavy atom. The zero-order valence-electron chi connectivity index (χ0n) is 12.4. The van der Waals surface area contributed by atoms with Crippen molar-refractivity contribution in [2.45, 2.75) is 26.3 Å². The fourth-order valence-corrected chi connectivity index (χ4v) is 2.58. The van der Waals surface area contributed by atoms with Gasteiger partial charge in [0, 0.05) is 32.9 Å². The van der Waals surface area contributed by atoms with Gasteiger partial charge >= 0.3 is 0 Å². The summed E-state index contributed by atoms with van der Waals surface area (Å²) in [5.74, 6) is 1.19. The molecule has 2 heterocycles. The van der Waals surface area contributed by atoms with Gasteiger partial charge < -0.3 is 15.5 Å². The van der Waals surface area contributed by atoms with Gasteiger partial charge in [-0.05, 0) is 31.0 Å². The summed E-state index contributed by atoms with van der Waals surface area (Å²) in [6, 6.07) is 4.16. The first-order chi connectivity index (χ1) is 9.74. The van der Waals surface area contributed by atoms with Gasteiger partial charge in [0.2, 0.25) is 5.91 Å². The minimum absolute atomic E-state index is 0.0805. The number of carbonyl (C=O) groups is 1. The summed E-state index contributed by atoms with van der Waals surface area (Å²) in [5, 5.41) is 6.03. The highest BCUT2D eigenvalue weighted by Crippen LogP contribution is 2.21. The van der Waals surface area contributed by atoms with Crippen LogP contribution in [0.3, 0.4) is 0 Å². The molecule has 0 aliphatic carbocycles. The van der Waals surface area contributed by atoms with Crippen molar-refractivity contribution < 1.29 is 4.79 Å². The molecule has 0 aromatic carbocycles. The van der Waals surface area contributed by atoms with Crippen LogP contribution in [0.1, 0.15) is 25.3 Å². The monoisotopic (exact) mass is 276 g/mol. The number of hydrogen-bond donors (Lipinski definition) is 2. The second-order valence-electron chi connectivity index (χ2n) is 5.20. The molecule has 1 unspecified atom stereocenters. The Kier molecular flexibility index (Phi) is 5.35. The number of pyridine rings is 1. The first-order valence-electron chi connectivity index (χ1n) is 7.36. The fraction of sp³-hybridized carbons (Fsp3) is 0.600. The lowest BCUT2D eigenvalue weighted by atomic mass is 9.97. The number of amides is 1. The van der Waals surface area contributed by atoms with Crippen LogP contribution in [0.15, 0.2) is 18.3 Å². The number of carbonyl (C=O) groups excluding carboxylic acids is 1. The molecule has 1 saturated heterocycles. The van der Waals surface area contributed by atoms with Crippen LogP contribution in [0.5, 0.6) is 0 Å². The topological polar surface area (TPSA) is 57.3 Å². The normalized spacial score (nSPS) is 18.9. The van der Waals surface area contributed by atoms with E-state index in [9.17, 15) is 4.79 Å². The number of nitrogens with one attached hydrogen (secondary N) is 2. The minimum Gasteiger partial charge on any atom is -0.359 e. The van der Waals surface area contributed by atoms with Crippen LogP contribution in [0.4, 0.5) is 5.82 Å². The van der Waals surface area contributed by atoms with Crippen molar-refractivity contribution in [1.29, 1.82) is 0 Å². The molecule has 1 atom stereocenters. The van der Waals surface area contributed by atoms with Crippen molar-refractivity contribution in [3.05, 3.63) is 23.9 Å². The van der Waals surface area contributed by atoms with Gasteiger partial charge in [0.1, 0.15) is 5.82 Å². The molecule has 1 fully saturated rings. The standard InChI is InChI=1S/C15H24N4O/c1-3-17-9-12-6-7-14(18-10-12)19-8-4-5-13(11-19)15(20)16-2/h6-7,10,13,17H,3-5,8-9,11H2,1-2H3,(H,16,20). The Balaban J connectivity index is 1.98. The first-order valence-corrected chi connectivity index (χ1v) is 7.36. The molecule has 1 aromatic heterocycles. The van der Waals surface area contributed by atoms with Crippen molar-refractivity contribution in [3.63, 3.8) is 0 Å². The number of piperidine rings is 1. The average Bonchev–Trinajstić information content (AvgIpc) is 2.52. The molecule has 2 rings (SSSR count). The third-order valence-corrected chi connectivity index (χ3v) is 3.75. The molecule has 5 heteroatoms. The van der Waals surface area contributed by atoms with Gasteiger partial charge in [-0.25, -0.2) is 4.98 Å². The summed E-state index contributed by atoms with van der Waals surface area (Å²) in [6.45, 7) is 5.65. The molecule has 1 aliphatic rings. The van der Waals surface area contributed by atoms with Gasteiger partial charge in [-0.15, -0.1) is 0 Å². The lowest BCUT2D eigenvalue weighted by Gasteiger charge is -2.32. The number of aromatic nitrogens is 1. The SMILES string of the molecule is CCNCc1ccc(N2CCCC(C(=O)NC)C2)nc1. The molecule has 0 bridgehead atoms. The summed E-state index contributed by atoms with van der Waals surface area (Å²) in [5.41, 5.74) is 1.19. The van der Waals surface area contributed by atoms with E-state index >= 15 is 0 Å². The second-order valence-corrected chi connectivity index (χ2v) is 5.20. The number of rotatable bonds is 5. The third-order valence-electron chi connectivity index (χ3n) is 3.75. The largest absolute Gasteiger partial charge is 0.359 e. The maximum absolute atomic E-state index is 11.7. The number of anilines is 1. The average molecular weight is 276 g/mol. The van der Waals surface area contributed by atoms with E-state index in [1.165, 1.54) is 5.56 Å². The van der Waals surface area contributed by atoms with Gasteiger partial charge in [-0.2, -0.15) is 0 Å². The van der Waals surface area contributed by atoms with Crippen LogP contribution >= 0.6 is 0 Å². The molecule has 110 valence electrons. The molecule has 2 N–H and O–H groups in total. The Labute approximate surface area is 120 Å². The van der Waals surface area contributed by atoms with E-state index in [1.54, 1.807) is 7.05 Å². The maximum Gasteiger partial charge on any atom is 0.224 e. The van der Waals surface area contributed by atoms with Crippen LogP contribution in [0.25, 0.3) is 0 Å². The Bertz CT molecular complexity index is 432. The smallest absolute Gasteiger partial charge is 0.224 e. The minimum atomic E-state index is 0.0805. The van der Waals surface area contributed by atoms with E-state index < -0.39 is 0 Å². The van der Waals surface area contributed by atoms with Gasteiger partial charge in [0.05, 0.1) is 5.92 Å². The predicted molar refractivity (Wildman–Crippen MR) is 80.6 cm³/mol. The highest BCUT2D eigenvalue weighted by molar-refractivity contribution is 5.79. The summed E-state index contributed by atoms with van der Waals surface area (Å²) >= 11 is 0. The van der Waals surface area contributed by atoms with E-state index in [0.29, 0.717) is 0 Å². The van der Waals surface area contributed by atoms with Crippen LogP contribution in [-0.2, 0) is 11.3 Å². The summed E-state index contributed by atoms with van der Waals surface area (Å²) < 4.78 is 0. The zero-order chi connectivity index (χ0) is 14.4. The maximum atomic E-state index is 11.7. The highest BCUT2D eigenvalue weighted by atomic mass is 16.1. The van der Waals surface area contributed by atoms with E-state index in [2.05, 4.69) is 39.6 Å². The zero-order valence-corrected chi connectivity index (χ0v) is 12.4. The lowest BCUT2D eigenvalue weighted by molar-refractivity contribution is -0.124. The van der Waals surface area contributed by atoms with Crippen molar-refractivity contribution in [2.24, 2.45) is 5.92 Å². The van der Waals surface area contributed by atoms with Gasteiger partial charge in [0.15, 0.2) is 0 Å². The van der Waals surface area contributed by atoms with Crippen LogP contribution in [0, 0.1) is 5.92 Å². The third kappa shape index (κ3) is 3.70. The van der Waals surface area contributed by atoms with Crippen LogP contribution in [0.2, 0.25) is 0 Å². The van der Waals surface area contributed by atoms with Crippen molar-refractivity contribution in [2.75, 3.05) is 31.6 Å². The van der Waals surface area contributed by atoms with Crippen molar-refractivity contribution >= 4 is 11.7 Å². The van der Waals surface area contributed by atoms with Crippen molar-refractivity contribution in [3.8, 4) is 0 Å². The van der Waals surface area contributed by atoms with Crippen LogP contribution in [-0.4, -0.2) is 37.6 Å². The van der Waals surface area contributed by atoms with Crippen LogP contribution < -0.4 is 15.5 Å². The van der Waals surface area contributed by atoms with Gasteiger partial charge in [-0.3, -0.25) is 4.79 Å². The van der Waals surface area contributed by atoms with Gasteiger partial charge in [-0.1, -0.05) is 13.0 Å². The summed E-state index contributed by atoms with van der Waals surface area (Å²) in [6.07, 6.45) is 3.93. The van der Waals surface area contributed by atoms with E-state index in [-0.39, 0.29) is 11.8 Å². The first kappa shape index (κ1) is 14.8. The highest BCUT2D eigenvalue weighted by Gasteiger charge is 2.25. The molecule has 1 amide bonds. The molecule has 0 saturated carbocycles. The van der Waals surface area contributed by atoms with Crippen molar-refractivity contribution in [1.82, 2.24) is 15.6 Å². The molecule has 1 aromatic rings. The predicted octanol–water partition coefficient (Wildman–Crippen LogP) is 1.15. The second kappa shape index (κ2) is 7.24.